The molecule has 4 aromatic rings. The van der Waals surface area contributed by atoms with Crippen LogP contribution in [0.2, 0.25) is 0 Å². The zero-order valence-corrected chi connectivity index (χ0v) is 20.2. The van der Waals surface area contributed by atoms with Crippen molar-refractivity contribution < 1.29 is 9.53 Å². The van der Waals surface area contributed by atoms with Gasteiger partial charge in [0.2, 0.25) is 5.91 Å². The molecule has 0 saturated carbocycles. The fourth-order valence-electron chi connectivity index (χ4n) is 4.56. The highest BCUT2D eigenvalue weighted by Crippen LogP contribution is 2.35. The van der Waals surface area contributed by atoms with Crippen LogP contribution in [0.25, 0.3) is 28.0 Å². The van der Waals surface area contributed by atoms with Gasteiger partial charge in [-0.3, -0.25) is 9.59 Å². The normalized spacial score (nSPS) is 14.6. The number of pyridine rings is 1. The molecular weight excluding hydrogens is 442 g/mol. The Morgan fingerprint density at radius 3 is 2.46 bits per heavy atom. The minimum absolute atomic E-state index is 0.0500. The molecule has 1 amide bonds. The van der Waals surface area contributed by atoms with E-state index < -0.39 is 0 Å². The summed E-state index contributed by atoms with van der Waals surface area (Å²) in [7, 11) is 0. The summed E-state index contributed by atoms with van der Waals surface area (Å²) in [4.78, 5) is 25.9. The van der Waals surface area contributed by atoms with E-state index in [-0.39, 0.29) is 23.6 Å². The Bertz CT molecular complexity index is 1420. The van der Waals surface area contributed by atoms with Crippen LogP contribution in [-0.2, 0) is 4.79 Å². The first kappa shape index (κ1) is 22.8. The molecule has 1 saturated heterocycles. The molecule has 0 atom stereocenters. The number of nitrogens with zero attached hydrogens (tertiary/aromatic N) is 5. The smallest absolute Gasteiger partial charge is 0.267 e. The first-order chi connectivity index (χ1) is 16.9. The summed E-state index contributed by atoms with van der Waals surface area (Å²) < 4.78 is 9.65. The van der Waals surface area contributed by atoms with Crippen molar-refractivity contribution >= 4 is 11.4 Å². The summed E-state index contributed by atoms with van der Waals surface area (Å²) in [6, 6.07) is 17.1. The van der Waals surface area contributed by atoms with E-state index in [0.29, 0.717) is 18.8 Å². The number of fused-ring (bicyclic) bond motifs is 1. The van der Waals surface area contributed by atoms with Crippen molar-refractivity contribution in [1.82, 2.24) is 24.3 Å². The molecular formula is C27H29N5O3. The van der Waals surface area contributed by atoms with E-state index in [1.807, 2.05) is 71.9 Å². The van der Waals surface area contributed by atoms with Crippen LogP contribution in [0.3, 0.4) is 0 Å². The van der Waals surface area contributed by atoms with Crippen LogP contribution in [0, 0.1) is 0 Å². The predicted molar refractivity (Wildman–Crippen MR) is 134 cm³/mol. The van der Waals surface area contributed by atoms with E-state index in [4.69, 9.17) is 14.9 Å². The third-order valence-corrected chi connectivity index (χ3v) is 6.41. The largest absolute Gasteiger partial charge is 0.490 e. The van der Waals surface area contributed by atoms with E-state index in [0.717, 1.165) is 40.9 Å². The second-order valence-electron chi connectivity index (χ2n) is 9.20. The van der Waals surface area contributed by atoms with Crippen LogP contribution in [0.4, 0.5) is 0 Å². The van der Waals surface area contributed by atoms with Crippen LogP contribution >= 0.6 is 0 Å². The molecule has 0 bridgehead atoms. The number of benzene rings is 1. The topological polar surface area (TPSA) is 81.7 Å². The lowest BCUT2D eigenvalue weighted by Gasteiger charge is -2.31. The molecule has 0 N–H and O–H groups in total. The maximum Gasteiger partial charge on any atom is 0.267 e. The summed E-state index contributed by atoms with van der Waals surface area (Å²) >= 11 is 0. The van der Waals surface area contributed by atoms with E-state index in [9.17, 15) is 9.59 Å². The molecule has 4 heterocycles. The van der Waals surface area contributed by atoms with Crippen molar-refractivity contribution in [3.63, 3.8) is 0 Å². The number of amides is 1. The Morgan fingerprint density at radius 1 is 1.03 bits per heavy atom. The lowest BCUT2D eigenvalue weighted by molar-refractivity contribution is -0.130. The molecule has 1 aliphatic heterocycles. The quantitative estimate of drug-likeness (QED) is 0.436. The number of carbonyl (C=O) groups is 1. The number of likely N-dealkylation sites (tertiary alicyclic amines) is 1. The second kappa shape index (κ2) is 9.37. The van der Waals surface area contributed by atoms with Gasteiger partial charge in [-0.15, -0.1) is 0 Å². The fourth-order valence-corrected chi connectivity index (χ4v) is 4.56. The third kappa shape index (κ3) is 4.56. The van der Waals surface area contributed by atoms with Gasteiger partial charge in [-0.05, 0) is 26.0 Å². The molecule has 8 nitrogen and oxygen atoms in total. The Hall–Kier alpha value is -3.94. The van der Waals surface area contributed by atoms with Gasteiger partial charge >= 0.3 is 0 Å². The number of hydrogen-bond donors (Lipinski definition) is 0. The highest BCUT2D eigenvalue weighted by molar-refractivity contribution is 5.91. The van der Waals surface area contributed by atoms with Crippen molar-refractivity contribution in [2.75, 3.05) is 13.1 Å². The molecule has 1 fully saturated rings. The molecule has 1 aromatic carbocycles. The molecule has 8 heteroatoms. The number of ether oxygens (including phenoxy) is 1. The van der Waals surface area contributed by atoms with Gasteiger partial charge < -0.3 is 9.64 Å². The van der Waals surface area contributed by atoms with E-state index in [1.165, 1.54) is 4.68 Å². The molecule has 5 rings (SSSR count). The van der Waals surface area contributed by atoms with Gasteiger partial charge in [0.15, 0.2) is 0 Å². The zero-order valence-electron chi connectivity index (χ0n) is 20.2. The summed E-state index contributed by atoms with van der Waals surface area (Å²) in [5.41, 5.74) is 4.00. The van der Waals surface area contributed by atoms with Crippen LogP contribution in [-0.4, -0.2) is 49.4 Å². The summed E-state index contributed by atoms with van der Waals surface area (Å²) in [5, 5.41) is 9.56. The van der Waals surface area contributed by atoms with Gasteiger partial charge in [0.1, 0.15) is 17.5 Å². The standard InChI is InChI=1S/C27H29N5O3/c1-18(2)32-25(34)10-9-23(28-32)26-24-17-22(35-21-11-14-30(15-12-21)19(3)33)13-16-31(24)29-27(26)20-7-5-4-6-8-20/h4-10,13,16-18,21H,11-12,14-15H2,1-3H3. The SMILES string of the molecule is CC(=O)N1CCC(Oc2ccn3nc(-c4ccccc4)c(-c4ccc(=O)n(C(C)C)n4)c3c2)CC1. The maximum atomic E-state index is 12.4. The van der Waals surface area contributed by atoms with E-state index in [2.05, 4.69) is 0 Å². The van der Waals surface area contributed by atoms with Crippen molar-refractivity contribution in [3.8, 4) is 28.3 Å². The van der Waals surface area contributed by atoms with Crippen LogP contribution in [0.15, 0.2) is 65.6 Å². The highest BCUT2D eigenvalue weighted by atomic mass is 16.5. The monoisotopic (exact) mass is 471 g/mol. The van der Waals surface area contributed by atoms with E-state index >= 15 is 0 Å². The summed E-state index contributed by atoms with van der Waals surface area (Å²) in [6.45, 7) is 6.90. The number of carbonyl (C=O) groups excluding carboxylic acids is 1. The van der Waals surface area contributed by atoms with Crippen molar-refractivity contribution in [2.45, 2.75) is 45.8 Å². The zero-order chi connectivity index (χ0) is 24.5. The van der Waals surface area contributed by atoms with Gasteiger partial charge in [0.25, 0.3) is 5.56 Å². The van der Waals surface area contributed by atoms with Gasteiger partial charge in [0, 0.05) is 56.7 Å². The molecule has 3 aromatic heterocycles. The Balaban J connectivity index is 1.58. The number of piperidine rings is 1. The average Bonchev–Trinajstić information content (AvgIpc) is 3.24. The summed E-state index contributed by atoms with van der Waals surface area (Å²) in [5.74, 6) is 0.856. The van der Waals surface area contributed by atoms with Gasteiger partial charge in [-0.1, -0.05) is 30.3 Å². The van der Waals surface area contributed by atoms with Crippen LogP contribution in [0.1, 0.15) is 39.7 Å². The Morgan fingerprint density at radius 2 is 1.77 bits per heavy atom. The van der Waals surface area contributed by atoms with Crippen LogP contribution in [0.5, 0.6) is 5.75 Å². The first-order valence-electron chi connectivity index (χ1n) is 12.0. The molecule has 1 aliphatic rings. The fraction of sp³-hybridized carbons (Fsp3) is 0.333. The highest BCUT2D eigenvalue weighted by Gasteiger charge is 2.23. The molecule has 180 valence electrons. The number of rotatable bonds is 5. The predicted octanol–water partition coefficient (Wildman–Crippen LogP) is 4.20. The molecule has 0 unspecified atom stereocenters. The number of aromatic nitrogens is 4. The first-order valence-corrected chi connectivity index (χ1v) is 12.0. The van der Waals surface area contributed by atoms with Crippen molar-refractivity contribution in [1.29, 1.82) is 0 Å². The Labute approximate surface area is 203 Å². The molecule has 0 aliphatic carbocycles. The van der Waals surface area contributed by atoms with E-state index in [1.54, 1.807) is 19.1 Å². The molecule has 35 heavy (non-hydrogen) atoms. The lowest BCUT2D eigenvalue weighted by Crippen LogP contribution is -2.40. The summed E-state index contributed by atoms with van der Waals surface area (Å²) in [6.07, 6.45) is 3.54. The minimum atomic E-state index is -0.137. The van der Waals surface area contributed by atoms with Crippen LogP contribution < -0.4 is 10.3 Å². The molecule has 0 radical (unpaired) electrons. The average molecular weight is 472 g/mol. The number of hydrogen-bond acceptors (Lipinski definition) is 5. The second-order valence-corrected chi connectivity index (χ2v) is 9.20. The van der Waals surface area contributed by atoms with Crippen molar-refractivity contribution in [3.05, 3.63) is 71.1 Å². The van der Waals surface area contributed by atoms with Gasteiger partial charge in [-0.2, -0.15) is 10.2 Å². The lowest BCUT2D eigenvalue weighted by atomic mass is 10.0. The van der Waals surface area contributed by atoms with Crippen molar-refractivity contribution in [2.24, 2.45) is 0 Å². The van der Waals surface area contributed by atoms with Gasteiger partial charge in [-0.25, -0.2) is 9.20 Å². The minimum Gasteiger partial charge on any atom is -0.490 e. The molecule has 0 spiro atoms. The maximum absolute atomic E-state index is 12.4. The third-order valence-electron chi connectivity index (χ3n) is 6.41. The Kier molecular flexibility index (Phi) is 6.11. The van der Waals surface area contributed by atoms with Gasteiger partial charge in [0.05, 0.1) is 22.8 Å².